The SMILES string of the molecule is CC(NC(=O)C(C)n1nnnc1C(C)(C)C)c1ccc(F)cc1F. The Balaban J connectivity index is 2.16. The highest BCUT2D eigenvalue weighted by atomic mass is 19.1. The lowest BCUT2D eigenvalue weighted by molar-refractivity contribution is -0.124. The first-order chi connectivity index (χ1) is 11.1. The van der Waals surface area contributed by atoms with Gasteiger partial charge >= 0.3 is 0 Å². The van der Waals surface area contributed by atoms with E-state index >= 15 is 0 Å². The van der Waals surface area contributed by atoms with Gasteiger partial charge in [0.2, 0.25) is 5.91 Å². The van der Waals surface area contributed by atoms with E-state index in [1.54, 1.807) is 13.8 Å². The molecule has 0 spiro atoms. The van der Waals surface area contributed by atoms with Gasteiger partial charge in [-0.2, -0.15) is 0 Å². The highest BCUT2D eigenvalue weighted by molar-refractivity contribution is 5.80. The summed E-state index contributed by atoms with van der Waals surface area (Å²) in [6.45, 7) is 9.11. The number of rotatable bonds is 4. The Morgan fingerprint density at radius 2 is 1.92 bits per heavy atom. The van der Waals surface area contributed by atoms with Crippen LogP contribution in [0.25, 0.3) is 0 Å². The van der Waals surface area contributed by atoms with Gasteiger partial charge in [0.05, 0.1) is 6.04 Å². The second kappa shape index (κ2) is 6.62. The Labute approximate surface area is 139 Å². The summed E-state index contributed by atoms with van der Waals surface area (Å²) >= 11 is 0. The third kappa shape index (κ3) is 3.74. The van der Waals surface area contributed by atoms with Gasteiger partial charge in [0.1, 0.15) is 17.7 Å². The van der Waals surface area contributed by atoms with Crippen LogP contribution in [0.15, 0.2) is 18.2 Å². The molecule has 1 heterocycles. The Morgan fingerprint density at radius 1 is 1.25 bits per heavy atom. The highest BCUT2D eigenvalue weighted by Crippen LogP contribution is 2.23. The van der Waals surface area contributed by atoms with Gasteiger partial charge in [-0.1, -0.05) is 26.8 Å². The number of carbonyl (C=O) groups is 1. The van der Waals surface area contributed by atoms with Crippen molar-refractivity contribution in [3.63, 3.8) is 0 Å². The molecule has 0 saturated heterocycles. The summed E-state index contributed by atoms with van der Waals surface area (Å²) in [6.07, 6.45) is 0. The number of nitrogens with one attached hydrogen (secondary N) is 1. The predicted molar refractivity (Wildman–Crippen MR) is 84.1 cm³/mol. The number of benzene rings is 1. The normalized spacial score (nSPS) is 14.3. The molecular weight excluding hydrogens is 316 g/mol. The predicted octanol–water partition coefficient (Wildman–Crippen LogP) is 2.69. The first-order valence-electron chi connectivity index (χ1n) is 7.65. The zero-order valence-electron chi connectivity index (χ0n) is 14.3. The molecular formula is C16H21F2N5O. The number of hydrogen-bond donors (Lipinski definition) is 1. The molecule has 24 heavy (non-hydrogen) atoms. The highest BCUT2D eigenvalue weighted by Gasteiger charge is 2.28. The van der Waals surface area contributed by atoms with Crippen LogP contribution in [0.1, 0.15) is 58.1 Å². The van der Waals surface area contributed by atoms with Gasteiger partial charge in [0.25, 0.3) is 0 Å². The van der Waals surface area contributed by atoms with Crippen LogP contribution in [0.3, 0.4) is 0 Å². The molecule has 0 aliphatic heterocycles. The van der Waals surface area contributed by atoms with Crippen LogP contribution >= 0.6 is 0 Å². The maximum Gasteiger partial charge on any atom is 0.245 e. The van der Waals surface area contributed by atoms with Crippen molar-refractivity contribution in [2.24, 2.45) is 0 Å². The quantitative estimate of drug-likeness (QED) is 0.931. The number of nitrogens with zero attached hydrogens (tertiary/aromatic N) is 4. The van der Waals surface area contributed by atoms with Crippen LogP contribution in [0.5, 0.6) is 0 Å². The maximum absolute atomic E-state index is 13.8. The molecule has 2 atom stereocenters. The van der Waals surface area contributed by atoms with Crippen LogP contribution in [0.2, 0.25) is 0 Å². The average molecular weight is 337 g/mol. The first-order valence-corrected chi connectivity index (χ1v) is 7.65. The topological polar surface area (TPSA) is 72.7 Å². The standard InChI is InChI=1S/C16H21F2N5O/c1-9(12-7-6-11(17)8-13(12)18)19-14(24)10(2)23-15(16(3,4)5)20-21-22-23/h6-10H,1-5H3,(H,19,24). The molecule has 0 aliphatic carbocycles. The fourth-order valence-corrected chi connectivity index (χ4v) is 2.32. The summed E-state index contributed by atoms with van der Waals surface area (Å²) in [5, 5.41) is 14.2. The van der Waals surface area contributed by atoms with E-state index in [2.05, 4.69) is 20.8 Å². The van der Waals surface area contributed by atoms with Crippen LogP contribution in [-0.2, 0) is 10.2 Å². The Morgan fingerprint density at radius 3 is 2.50 bits per heavy atom. The van der Waals surface area contributed by atoms with Crippen molar-refractivity contribution in [2.45, 2.75) is 52.1 Å². The number of tetrazole rings is 1. The molecule has 0 bridgehead atoms. The Kier molecular flexibility index (Phi) is 4.96. The van der Waals surface area contributed by atoms with Crippen molar-refractivity contribution in [2.75, 3.05) is 0 Å². The zero-order chi connectivity index (χ0) is 18.1. The van der Waals surface area contributed by atoms with Crippen LogP contribution in [0, 0.1) is 11.6 Å². The molecule has 1 N–H and O–H groups in total. The van der Waals surface area contributed by atoms with Gasteiger partial charge in [0, 0.05) is 17.0 Å². The smallest absolute Gasteiger partial charge is 0.245 e. The fraction of sp³-hybridized carbons (Fsp3) is 0.500. The monoisotopic (exact) mass is 337 g/mol. The van der Waals surface area contributed by atoms with E-state index < -0.39 is 23.7 Å². The van der Waals surface area contributed by atoms with Gasteiger partial charge in [-0.15, -0.1) is 5.10 Å². The van der Waals surface area contributed by atoms with Crippen LogP contribution in [0.4, 0.5) is 8.78 Å². The van der Waals surface area contributed by atoms with Crippen molar-refractivity contribution in [3.05, 3.63) is 41.2 Å². The van der Waals surface area contributed by atoms with Crippen LogP contribution < -0.4 is 5.32 Å². The van der Waals surface area contributed by atoms with E-state index in [4.69, 9.17) is 0 Å². The van der Waals surface area contributed by atoms with Gasteiger partial charge in [0.15, 0.2) is 5.82 Å². The van der Waals surface area contributed by atoms with Gasteiger partial charge in [-0.3, -0.25) is 4.79 Å². The third-order valence-electron chi connectivity index (χ3n) is 3.70. The molecule has 1 aromatic heterocycles. The summed E-state index contributed by atoms with van der Waals surface area (Å²) < 4.78 is 28.3. The molecule has 1 amide bonds. The van der Waals surface area contributed by atoms with Crippen molar-refractivity contribution < 1.29 is 13.6 Å². The minimum absolute atomic E-state index is 0.213. The summed E-state index contributed by atoms with van der Waals surface area (Å²) in [5.41, 5.74) is -0.114. The zero-order valence-corrected chi connectivity index (χ0v) is 14.3. The van der Waals surface area contributed by atoms with Crippen molar-refractivity contribution in [1.29, 1.82) is 0 Å². The number of carbonyl (C=O) groups excluding carboxylic acids is 1. The second-order valence-corrected chi connectivity index (χ2v) is 6.77. The lowest BCUT2D eigenvalue weighted by Gasteiger charge is -2.22. The van der Waals surface area contributed by atoms with E-state index in [-0.39, 0.29) is 16.9 Å². The minimum atomic E-state index is -0.701. The van der Waals surface area contributed by atoms with E-state index in [1.807, 2.05) is 20.8 Å². The number of halogens is 2. The number of hydrogen-bond acceptors (Lipinski definition) is 4. The Hall–Kier alpha value is -2.38. The summed E-state index contributed by atoms with van der Waals surface area (Å²) in [5.74, 6) is -1.14. The molecule has 8 heteroatoms. The molecule has 0 saturated carbocycles. The van der Waals surface area contributed by atoms with E-state index in [0.29, 0.717) is 5.82 Å². The van der Waals surface area contributed by atoms with Crippen molar-refractivity contribution in [1.82, 2.24) is 25.5 Å². The molecule has 130 valence electrons. The minimum Gasteiger partial charge on any atom is -0.348 e. The molecule has 0 aliphatic rings. The molecule has 0 fully saturated rings. The van der Waals surface area contributed by atoms with E-state index in [0.717, 1.165) is 12.1 Å². The number of amides is 1. The molecule has 6 nitrogen and oxygen atoms in total. The van der Waals surface area contributed by atoms with Gasteiger partial charge in [-0.05, 0) is 30.3 Å². The molecule has 1 aromatic carbocycles. The Bertz CT molecular complexity index is 738. The summed E-state index contributed by atoms with van der Waals surface area (Å²) in [4.78, 5) is 12.5. The first kappa shape index (κ1) is 18.0. The third-order valence-corrected chi connectivity index (χ3v) is 3.70. The number of aromatic nitrogens is 4. The molecule has 2 unspecified atom stereocenters. The second-order valence-electron chi connectivity index (χ2n) is 6.77. The van der Waals surface area contributed by atoms with E-state index in [1.165, 1.54) is 10.7 Å². The van der Waals surface area contributed by atoms with Crippen molar-refractivity contribution >= 4 is 5.91 Å². The molecule has 2 aromatic rings. The van der Waals surface area contributed by atoms with Crippen LogP contribution in [-0.4, -0.2) is 26.1 Å². The van der Waals surface area contributed by atoms with Gasteiger partial charge in [-0.25, -0.2) is 13.5 Å². The lowest BCUT2D eigenvalue weighted by atomic mass is 9.95. The molecule has 0 radical (unpaired) electrons. The van der Waals surface area contributed by atoms with Crippen molar-refractivity contribution in [3.8, 4) is 0 Å². The fourth-order valence-electron chi connectivity index (χ4n) is 2.32. The summed E-state index contributed by atoms with van der Waals surface area (Å²) in [6, 6.07) is 1.98. The molecule has 2 rings (SSSR count). The summed E-state index contributed by atoms with van der Waals surface area (Å²) in [7, 11) is 0. The van der Waals surface area contributed by atoms with Gasteiger partial charge < -0.3 is 5.32 Å². The average Bonchev–Trinajstić information content (AvgIpc) is 2.95. The lowest BCUT2D eigenvalue weighted by Crippen LogP contribution is -2.35. The largest absolute Gasteiger partial charge is 0.348 e. The van der Waals surface area contributed by atoms with E-state index in [9.17, 15) is 13.6 Å². The maximum atomic E-state index is 13.8.